The van der Waals surface area contributed by atoms with Gasteiger partial charge in [-0.2, -0.15) is 4.37 Å². The number of anilines is 1. The maximum absolute atomic E-state index is 4.42. The van der Waals surface area contributed by atoms with Crippen molar-refractivity contribution in [3.63, 3.8) is 0 Å². The van der Waals surface area contributed by atoms with Crippen molar-refractivity contribution in [3.8, 4) is 0 Å². The van der Waals surface area contributed by atoms with E-state index in [4.69, 9.17) is 0 Å². The van der Waals surface area contributed by atoms with Crippen LogP contribution in [0.15, 0.2) is 12.2 Å². The Morgan fingerprint density at radius 3 is 2.64 bits per heavy atom. The summed E-state index contributed by atoms with van der Waals surface area (Å²) in [7, 11) is 0. The number of rotatable bonds is 3. The van der Waals surface area contributed by atoms with E-state index in [0.717, 1.165) is 17.5 Å². The highest BCUT2D eigenvalue weighted by atomic mass is 32.1. The summed E-state index contributed by atoms with van der Waals surface area (Å²) in [4.78, 5) is 4.42. The van der Waals surface area contributed by atoms with Crippen molar-refractivity contribution in [2.75, 3.05) is 11.9 Å². The summed E-state index contributed by atoms with van der Waals surface area (Å²) in [5, 5.41) is 4.09. The Hall–Kier alpha value is -0.900. The molecule has 1 aromatic rings. The Morgan fingerprint density at radius 2 is 2.14 bits per heavy atom. The first-order valence-corrected chi connectivity index (χ1v) is 5.50. The van der Waals surface area contributed by atoms with Crippen LogP contribution in [0.3, 0.4) is 0 Å². The minimum atomic E-state index is 0.0387. The Morgan fingerprint density at radius 1 is 1.43 bits per heavy atom. The van der Waals surface area contributed by atoms with Crippen molar-refractivity contribution in [1.29, 1.82) is 0 Å². The predicted octanol–water partition coefficient (Wildman–Crippen LogP) is 2.82. The molecule has 0 bridgehead atoms. The normalized spacial score (nSPS) is 12.3. The summed E-state index contributed by atoms with van der Waals surface area (Å²) < 4.78 is 4.31. The lowest BCUT2D eigenvalue weighted by molar-refractivity contribution is 0.555. The first-order chi connectivity index (χ1) is 6.54. The van der Waals surface area contributed by atoms with Gasteiger partial charge in [0.15, 0.2) is 0 Å². The summed E-state index contributed by atoms with van der Waals surface area (Å²) in [5.41, 5.74) is 0.0387. The van der Waals surface area contributed by atoms with Crippen molar-refractivity contribution in [2.45, 2.75) is 33.1 Å². The summed E-state index contributed by atoms with van der Waals surface area (Å²) in [6.07, 6.45) is 4.07. The summed E-state index contributed by atoms with van der Waals surface area (Å²) in [6.45, 7) is 9.16. The van der Waals surface area contributed by atoms with E-state index in [2.05, 4.69) is 41.5 Å². The molecular weight excluding hydrogens is 194 g/mol. The summed E-state index contributed by atoms with van der Waals surface area (Å²) >= 11 is 1.42. The number of allylic oxidation sites excluding steroid dienone is 1. The molecule has 0 aliphatic heterocycles. The molecule has 0 atom stereocenters. The second-order valence-electron chi connectivity index (χ2n) is 4.12. The fourth-order valence-corrected chi connectivity index (χ4v) is 1.63. The van der Waals surface area contributed by atoms with Crippen molar-refractivity contribution in [2.24, 2.45) is 0 Å². The molecule has 0 saturated heterocycles. The zero-order chi connectivity index (χ0) is 10.6. The lowest BCUT2D eigenvalue weighted by atomic mass is 9.96. The van der Waals surface area contributed by atoms with E-state index in [9.17, 15) is 0 Å². The van der Waals surface area contributed by atoms with Crippen LogP contribution in [0.25, 0.3) is 0 Å². The molecule has 14 heavy (non-hydrogen) atoms. The van der Waals surface area contributed by atoms with Gasteiger partial charge in [-0.25, -0.2) is 4.98 Å². The van der Waals surface area contributed by atoms with Gasteiger partial charge in [-0.15, -0.1) is 0 Å². The van der Waals surface area contributed by atoms with Crippen molar-refractivity contribution in [1.82, 2.24) is 9.36 Å². The molecule has 0 fully saturated rings. The Labute approximate surface area is 89.4 Å². The highest BCUT2D eigenvalue weighted by molar-refractivity contribution is 7.09. The fraction of sp³-hybridized carbons (Fsp3) is 0.600. The molecule has 3 nitrogen and oxygen atoms in total. The minimum absolute atomic E-state index is 0.0387. The molecule has 1 rings (SSSR count). The Bertz CT molecular complexity index is 309. The van der Waals surface area contributed by atoms with Gasteiger partial charge in [0.05, 0.1) is 0 Å². The molecule has 0 aliphatic carbocycles. The van der Waals surface area contributed by atoms with Gasteiger partial charge < -0.3 is 5.32 Å². The van der Waals surface area contributed by atoms with Gasteiger partial charge in [0, 0.05) is 23.5 Å². The molecule has 0 amide bonds. The van der Waals surface area contributed by atoms with Crippen LogP contribution in [0.1, 0.15) is 33.5 Å². The molecule has 0 spiro atoms. The Kier molecular flexibility index (Phi) is 3.63. The molecular formula is C10H17N3S. The lowest BCUT2D eigenvalue weighted by Gasteiger charge is -2.12. The van der Waals surface area contributed by atoms with Crippen LogP contribution in [0.2, 0.25) is 0 Å². The van der Waals surface area contributed by atoms with Gasteiger partial charge in [-0.05, 0) is 6.92 Å². The molecule has 1 N–H and O–H groups in total. The van der Waals surface area contributed by atoms with Gasteiger partial charge in [0.2, 0.25) is 5.13 Å². The quantitative estimate of drug-likeness (QED) is 0.781. The van der Waals surface area contributed by atoms with Gasteiger partial charge in [0.1, 0.15) is 5.82 Å². The van der Waals surface area contributed by atoms with Crippen LogP contribution in [-0.4, -0.2) is 15.9 Å². The molecule has 1 aromatic heterocycles. The maximum Gasteiger partial charge on any atom is 0.202 e. The van der Waals surface area contributed by atoms with Crippen LogP contribution >= 0.6 is 11.5 Å². The van der Waals surface area contributed by atoms with Gasteiger partial charge in [-0.1, -0.05) is 32.9 Å². The van der Waals surface area contributed by atoms with Crippen LogP contribution in [0, 0.1) is 0 Å². The number of hydrogen-bond donors (Lipinski definition) is 1. The van der Waals surface area contributed by atoms with Gasteiger partial charge in [-0.3, -0.25) is 0 Å². The van der Waals surface area contributed by atoms with Gasteiger partial charge in [0.25, 0.3) is 0 Å². The molecule has 1 heterocycles. The average molecular weight is 211 g/mol. The van der Waals surface area contributed by atoms with Crippen LogP contribution in [0.5, 0.6) is 0 Å². The van der Waals surface area contributed by atoms with E-state index in [1.165, 1.54) is 11.5 Å². The maximum atomic E-state index is 4.42. The third-order valence-corrected chi connectivity index (χ3v) is 2.38. The summed E-state index contributed by atoms with van der Waals surface area (Å²) in [6, 6.07) is 0. The van der Waals surface area contributed by atoms with E-state index < -0.39 is 0 Å². The molecule has 0 unspecified atom stereocenters. The first-order valence-electron chi connectivity index (χ1n) is 4.73. The van der Waals surface area contributed by atoms with Crippen molar-refractivity contribution < 1.29 is 0 Å². The van der Waals surface area contributed by atoms with Gasteiger partial charge >= 0.3 is 0 Å². The fourth-order valence-electron chi connectivity index (χ4n) is 0.864. The van der Waals surface area contributed by atoms with Crippen LogP contribution in [0.4, 0.5) is 5.13 Å². The molecule has 0 radical (unpaired) electrons. The molecule has 4 heteroatoms. The zero-order valence-electron chi connectivity index (χ0n) is 9.16. The highest BCUT2D eigenvalue weighted by Crippen LogP contribution is 2.22. The lowest BCUT2D eigenvalue weighted by Crippen LogP contribution is -2.13. The molecule has 0 aliphatic rings. The monoisotopic (exact) mass is 211 g/mol. The molecule has 0 aromatic carbocycles. The van der Waals surface area contributed by atoms with E-state index >= 15 is 0 Å². The standard InChI is InChI=1S/C10H17N3S/c1-5-6-7-11-9-12-8(13-14-9)10(2,3)4/h5-6H,7H2,1-4H3,(H,11,12,13)/b6-5+. The average Bonchev–Trinajstić information content (AvgIpc) is 2.52. The first kappa shape index (κ1) is 11.2. The van der Waals surface area contributed by atoms with E-state index in [1.54, 1.807) is 0 Å². The third-order valence-electron chi connectivity index (χ3n) is 1.70. The Balaban J connectivity index is 2.60. The second kappa shape index (κ2) is 4.55. The van der Waals surface area contributed by atoms with Crippen molar-refractivity contribution in [3.05, 3.63) is 18.0 Å². The number of nitrogens with zero attached hydrogens (tertiary/aromatic N) is 2. The topological polar surface area (TPSA) is 37.8 Å². The van der Waals surface area contributed by atoms with Crippen LogP contribution in [-0.2, 0) is 5.41 Å². The third kappa shape index (κ3) is 3.10. The largest absolute Gasteiger partial charge is 0.357 e. The molecule has 0 saturated carbocycles. The molecule has 78 valence electrons. The van der Waals surface area contributed by atoms with Crippen LogP contribution < -0.4 is 5.32 Å². The highest BCUT2D eigenvalue weighted by Gasteiger charge is 2.19. The predicted molar refractivity (Wildman–Crippen MR) is 61.9 cm³/mol. The van der Waals surface area contributed by atoms with E-state index in [1.807, 2.05) is 13.0 Å². The van der Waals surface area contributed by atoms with E-state index in [-0.39, 0.29) is 5.41 Å². The number of hydrogen-bond acceptors (Lipinski definition) is 4. The smallest absolute Gasteiger partial charge is 0.202 e. The number of aromatic nitrogens is 2. The number of nitrogens with one attached hydrogen (secondary N) is 1. The minimum Gasteiger partial charge on any atom is -0.357 e. The SMILES string of the molecule is C/C=C/CNc1nc(C(C)(C)C)ns1. The van der Waals surface area contributed by atoms with Crippen molar-refractivity contribution >= 4 is 16.7 Å². The van der Waals surface area contributed by atoms with E-state index in [0.29, 0.717) is 0 Å². The second-order valence-corrected chi connectivity index (χ2v) is 4.87. The zero-order valence-corrected chi connectivity index (χ0v) is 9.98. The summed E-state index contributed by atoms with van der Waals surface area (Å²) in [5.74, 6) is 0.908.